The van der Waals surface area contributed by atoms with E-state index in [0.29, 0.717) is 17.4 Å². The number of H-pyrrole nitrogens is 1. The van der Waals surface area contributed by atoms with Gasteiger partial charge in [0.2, 0.25) is 5.82 Å². The molecule has 1 aliphatic rings. The Kier molecular flexibility index (Phi) is 8.93. The number of hydrogen-bond donors (Lipinski definition) is 2. The summed E-state index contributed by atoms with van der Waals surface area (Å²) >= 11 is 0. The number of likely N-dealkylation sites (tertiary alicyclic amines) is 1. The van der Waals surface area contributed by atoms with Crippen LogP contribution >= 0.6 is 0 Å². The maximum Gasteiger partial charge on any atom is 0.490 e. The molecular weight excluding hydrogens is 615 g/mol. The minimum atomic E-state index is -5.08. The van der Waals surface area contributed by atoms with Crippen LogP contribution < -0.4 is 5.69 Å². The predicted octanol–water partition coefficient (Wildman–Crippen LogP) is 5.97. The highest BCUT2D eigenvalue weighted by Gasteiger charge is 2.38. The molecule has 0 atom stereocenters. The van der Waals surface area contributed by atoms with E-state index in [1.54, 1.807) is 6.20 Å². The van der Waals surface area contributed by atoms with Crippen LogP contribution in [0.1, 0.15) is 24.4 Å². The Balaban J connectivity index is 0.000000499. The fourth-order valence-corrected chi connectivity index (χ4v) is 5.54. The van der Waals surface area contributed by atoms with E-state index in [4.69, 9.17) is 19.3 Å². The van der Waals surface area contributed by atoms with Crippen LogP contribution in [0.15, 0.2) is 101 Å². The van der Waals surface area contributed by atoms with Crippen molar-refractivity contribution in [2.75, 3.05) is 13.1 Å². The molecule has 2 N–H and O–H groups in total. The number of aliphatic carboxylic acids is 1. The fraction of sp³-hybridized carbons (Fsp3) is 0.212. The standard InChI is InChI=1S/C31H27N7O2.C2HF3O2/c39-31-33-25-8-4-5-9-26(25)38(31)24-14-17-37(18-15-24)20-21-10-12-23(13-11-21)27-28(22-6-2-1-3-7-22)35-36-29(34-27)30-32-16-19-40-30;3-2(4,5)1(6)7/h1-13,16,19,24H,14-15,17-18,20H2,(H,33,39);(H,6,7). The average molecular weight is 644 g/mol. The molecule has 6 aromatic rings. The number of nitrogens with zero attached hydrogens (tertiary/aromatic N) is 6. The van der Waals surface area contributed by atoms with Crippen LogP contribution in [0.3, 0.4) is 0 Å². The minimum absolute atomic E-state index is 0.0182. The van der Waals surface area contributed by atoms with E-state index >= 15 is 0 Å². The second-order valence-electron chi connectivity index (χ2n) is 10.9. The van der Waals surface area contributed by atoms with Crippen LogP contribution in [0, 0.1) is 0 Å². The first-order valence-electron chi connectivity index (χ1n) is 14.7. The highest BCUT2D eigenvalue weighted by atomic mass is 19.4. The molecule has 240 valence electrons. The summed E-state index contributed by atoms with van der Waals surface area (Å²) in [6.07, 6.45) is -0.132. The Morgan fingerprint density at radius 2 is 1.57 bits per heavy atom. The molecule has 1 saturated heterocycles. The van der Waals surface area contributed by atoms with Crippen molar-refractivity contribution in [3.05, 3.63) is 107 Å². The van der Waals surface area contributed by atoms with Gasteiger partial charge in [0.05, 0.1) is 17.2 Å². The molecule has 1 aliphatic heterocycles. The maximum atomic E-state index is 12.6. The molecule has 47 heavy (non-hydrogen) atoms. The summed E-state index contributed by atoms with van der Waals surface area (Å²) in [5.41, 5.74) is 6.42. The largest absolute Gasteiger partial charge is 0.490 e. The third-order valence-electron chi connectivity index (χ3n) is 7.78. The first kappa shape index (κ1) is 31.4. The van der Waals surface area contributed by atoms with Gasteiger partial charge in [-0.2, -0.15) is 13.2 Å². The van der Waals surface area contributed by atoms with Crippen molar-refractivity contribution in [1.82, 2.24) is 34.6 Å². The van der Waals surface area contributed by atoms with E-state index in [2.05, 4.69) is 49.3 Å². The molecule has 11 nitrogen and oxygen atoms in total. The Hall–Kier alpha value is -5.63. The van der Waals surface area contributed by atoms with Crippen molar-refractivity contribution in [3.63, 3.8) is 0 Å². The number of carboxylic acids is 1. The number of benzene rings is 3. The number of oxazole rings is 1. The van der Waals surface area contributed by atoms with Crippen molar-refractivity contribution < 1.29 is 27.5 Å². The summed E-state index contributed by atoms with van der Waals surface area (Å²) < 4.78 is 39.1. The van der Waals surface area contributed by atoms with Crippen molar-refractivity contribution >= 4 is 17.0 Å². The third-order valence-corrected chi connectivity index (χ3v) is 7.78. The third kappa shape index (κ3) is 7.12. The second kappa shape index (κ2) is 13.4. The lowest BCUT2D eigenvalue weighted by molar-refractivity contribution is -0.192. The van der Waals surface area contributed by atoms with E-state index < -0.39 is 12.1 Å². The number of aromatic amines is 1. The quantitative estimate of drug-likeness (QED) is 0.224. The van der Waals surface area contributed by atoms with Gasteiger partial charge in [-0.15, -0.1) is 10.2 Å². The Morgan fingerprint density at radius 1 is 0.915 bits per heavy atom. The van der Waals surface area contributed by atoms with E-state index in [-0.39, 0.29) is 11.7 Å². The first-order chi connectivity index (χ1) is 22.7. The Morgan fingerprint density at radius 3 is 2.23 bits per heavy atom. The zero-order valence-electron chi connectivity index (χ0n) is 24.8. The normalized spacial score (nSPS) is 14.1. The molecular formula is C33H28F3N7O4. The van der Waals surface area contributed by atoms with Crippen LogP contribution in [-0.2, 0) is 11.3 Å². The molecule has 0 bridgehead atoms. The summed E-state index contributed by atoms with van der Waals surface area (Å²) in [6.45, 7) is 2.72. The highest BCUT2D eigenvalue weighted by Crippen LogP contribution is 2.31. The maximum absolute atomic E-state index is 12.6. The van der Waals surface area contributed by atoms with Gasteiger partial charge in [-0.25, -0.2) is 19.6 Å². The first-order valence-corrected chi connectivity index (χ1v) is 14.7. The molecule has 0 saturated carbocycles. The topological polar surface area (TPSA) is 143 Å². The Labute approximate surface area is 265 Å². The smallest absolute Gasteiger partial charge is 0.475 e. The zero-order chi connectivity index (χ0) is 33.0. The van der Waals surface area contributed by atoms with E-state index in [9.17, 15) is 18.0 Å². The average Bonchev–Trinajstić information content (AvgIpc) is 3.74. The molecule has 0 unspecified atom stereocenters. The molecule has 0 spiro atoms. The molecule has 3 aromatic carbocycles. The van der Waals surface area contributed by atoms with Crippen molar-refractivity contribution in [1.29, 1.82) is 0 Å². The molecule has 1 fully saturated rings. The van der Waals surface area contributed by atoms with E-state index in [0.717, 1.165) is 60.3 Å². The number of para-hydroxylation sites is 2. The minimum Gasteiger partial charge on any atom is -0.475 e. The van der Waals surface area contributed by atoms with Gasteiger partial charge in [0.1, 0.15) is 17.7 Å². The lowest BCUT2D eigenvalue weighted by Gasteiger charge is -2.32. The number of halogens is 3. The number of rotatable bonds is 6. The number of carbonyl (C=O) groups is 1. The lowest BCUT2D eigenvalue weighted by Crippen LogP contribution is -2.36. The van der Waals surface area contributed by atoms with Gasteiger partial charge in [0, 0.05) is 36.8 Å². The number of hydrogen-bond acceptors (Lipinski definition) is 8. The van der Waals surface area contributed by atoms with Gasteiger partial charge in [-0.1, -0.05) is 66.7 Å². The van der Waals surface area contributed by atoms with Gasteiger partial charge in [-0.05, 0) is 30.5 Å². The van der Waals surface area contributed by atoms with Crippen LogP contribution in [0.4, 0.5) is 13.2 Å². The van der Waals surface area contributed by atoms with Crippen LogP contribution in [0.2, 0.25) is 0 Å². The molecule has 3 aromatic heterocycles. The summed E-state index contributed by atoms with van der Waals surface area (Å²) in [5, 5.41) is 15.9. The predicted molar refractivity (Wildman–Crippen MR) is 166 cm³/mol. The molecule has 4 heterocycles. The molecule has 0 amide bonds. The number of alkyl halides is 3. The number of imidazole rings is 1. The van der Waals surface area contributed by atoms with Gasteiger partial charge in [-0.3, -0.25) is 9.47 Å². The summed E-state index contributed by atoms with van der Waals surface area (Å²) in [5.74, 6) is -2.07. The number of aromatic nitrogens is 6. The van der Waals surface area contributed by atoms with Gasteiger partial charge in [0.15, 0.2) is 0 Å². The van der Waals surface area contributed by atoms with Crippen molar-refractivity contribution in [2.45, 2.75) is 31.6 Å². The van der Waals surface area contributed by atoms with E-state index in [1.165, 1.54) is 11.8 Å². The number of piperidine rings is 1. The highest BCUT2D eigenvalue weighted by molar-refractivity contribution is 5.78. The summed E-state index contributed by atoms with van der Waals surface area (Å²) in [4.78, 5) is 36.0. The Bertz CT molecular complexity index is 2020. The van der Waals surface area contributed by atoms with Gasteiger partial charge in [0.25, 0.3) is 5.89 Å². The van der Waals surface area contributed by atoms with Crippen molar-refractivity contribution in [2.24, 2.45) is 0 Å². The second-order valence-corrected chi connectivity index (χ2v) is 10.9. The van der Waals surface area contributed by atoms with Gasteiger partial charge >= 0.3 is 17.8 Å². The molecule has 7 rings (SSSR count). The number of fused-ring (bicyclic) bond motifs is 1. The zero-order valence-corrected chi connectivity index (χ0v) is 24.8. The molecule has 0 radical (unpaired) electrons. The monoisotopic (exact) mass is 643 g/mol. The number of carboxylic acid groups (broad SMARTS) is 1. The molecule has 0 aliphatic carbocycles. The number of nitrogens with one attached hydrogen (secondary N) is 1. The molecule has 14 heteroatoms. The van der Waals surface area contributed by atoms with Crippen molar-refractivity contribution in [3.8, 4) is 34.2 Å². The summed E-state index contributed by atoms with van der Waals surface area (Å²) in [6, 6.07) is 26.5. The lowest BCUT2D eigenvalue weighted by atomic mass is 10.0. The van der Waals surface area contributed by atoms with Gasteiger partial charge < -0.3 is 14.5 Å². The SMILES string of the molecule is O=C(O)C(F)(F)F.O=c1[nH]c2ccccc2n1C1CCN(Cc2ccc(-c3nc(-c4ncco4)nnc3-c3ccccc3)cc2)CC1. The van der Waals surface area contributed by atoms with Crippen LogP contribution in [-0.4, -0.2) is 65.0 Å². The van der Waals surface area contributed by atoms with Crippen LogP contribution in [0.5, 0.6) is 0 Å². The van der Waals surface area contributed by atoms with E-state index in [1.807, 2.05) is 59.2 Å². The summed E-state index contributed by atoms with van der Waals surface area (Å²) in [7, 11) is 0. The van der Waals surface area contributed by atoms with Crippen LogP contribution in [0.25, 0.3) is 45.3 Å². The fourth-order valence-electron chi connectivity index (χ4n) is 5.54.